The Labute approximate surface area is 99.1 Å². The van der Waals surface area contributed by atoms with Crippen molar-refractivity contribution in [1.82, 2.24) is 15.0 Å². The van der Waals surface area contributed by atoms with Crippen LogP contribution in [0.5, 0.6) is 0 Å². The summed E-state index contributed by atoms with van der Waals surface area (Å²) in [5.41, 5.74) is 2.36. The van der Waals surface area contributed by atoms with E-state index in [1.807, 2.05) is 5.38 Å². The maximum Gasteiger partial charge on any atom is 0.238 e. The summed E-state index contributed by atoms with van der Waals surface area (Å²) < 4.78 is 0.874. The first-order valence-corrected chi connectivity index (χ1v) is 5.93. The van der Waals surface area contributed by atoms with Gasteiger partial charge in [0.15, 0.2) is 4.34 Å². The fraction of sp³-hybridized carbons (Fsp3) is 0. The van der Waals surface area contributed by atoms with Gasteiger partial charge in [0.25, 0.3) is 0 Å². The Hall–Kier alpha value is -0.890. The molecule has 0 bridgehead atoms. The third kappa shape index (κ3) is 2.57. The first-order chi connectivity index (χ1) is 7.29. The fourth-order valence-electron chi connectivity index (χ4n) is 0.836. The second-order valence-electron chi connectivity index (χ2n) is 2.39. The van der Waals surface area contributed by atoms with Gasteiger partial charge in [-0.15, -0.1) is 11.3 Å². The van der Waals surface area contributed by atoms with E-state index in [1.165, 1.54) is 29.3 Å². The number of aromatic nitrogens is 3. The molecular formula is C7H6ClN5S2. The van der Waals surface area contributed by atoms with Gasteiger partial charge in [0.2, 0.25) is 5.95 Å². The van der Waals surface area contributed by atoms with Gasteiger partial charge in [0.05, 0.1) is 11.2 Å². The Bertz CT molecular complexity index is 447. The van der Waals surface area contributed by atoms with Gasteiger partial charge in [-0.3, -0.25) is 5.43 Å². The van der Waals surface area contributed by atoms with E-state index in [0.717, 1.165) is 4.34 Å². The lowest BCUT2D eigenvalue weighted by atomic mass is 10.7. The zero-order chi connectivity index (χ0) is 10.7. The summed E-state index contributed by atoms with van der Waals surface area (Å²) in [5.74, 6) is 5.53. The Morgan fingerprint density at radius 3 is 3.00 bits per heavy atom. The quantitative estimate of drug-likeness (QED) is 0.499. The zero-order valence-electron chi connectivity index (χ0n) is 7.35. The Morgan fingerprint density at radius 1 is 1.47 bits per heavy atom. The monoisotopic (exact) mass is 259 g/mol. The number of nitrogens with zero attached hydrogens (tertiary/aromatic N) is 3. The van der Waals surface area contributed by atoms with E-state index in [1.54, 1.807) is 6.20 Å². The molecule has 8 heteroatoms. The molecule has 0 aromatic carbocycles. The molecule has 5 nitrogen and oxygen atoms in total. The number of rotatable bonds is 3. The average molecular weight is 260 g/mol. The van der Waals surface area contributed by atoms with E-state index < -0.39 is 0 Å². The molecule has 78 valence electrons. The van der Waals surface area contributed by atoms with Crippen LogP contribution in [0.3, 0.4) is 0 Å². The van der Waals surface area contributed by atoms with Crippen molar-refractivity contribution in [2.75, 3.05) is 5.43 Å². The normalized spacial score (nSPS) is 10.3. The molecule has 2 heterocycles. The number of hydrogen-bond acceptors (Lipinski definition) is 7. The lowest BCUT2D eigenvalue weighted by Gasteiger charge is -2.02. The molecule has 0 fully saturated rings. The maximum atomic E-state index is 5.93. The number of hydrogen-bond donors (Lipinski definition) is 2. The molecule has 0 saturated heterocycles. The summed E-state index contributed by atoms with van der Waals surface area (Å²) in [6, 6.07) is 0. The van der Waals surface area contributed by atoms with Crippen molar-refractivity contribution < 1.29 is 0 Å². The van der Waals surface area contributed by atoms with Crippen LogP contribution in [0.1, 0.15) is 0 Å². The highest BCUT2D eigenvalue weighted by Gasteiger charge is 2.08. The molecule has 2 aromatic rings. The lowest BCUT2D eigenvalue weighted by molar-refractivity contribution is 1.03. The van der Waals surface area contributed by atoms with Crippen LogP contribution in [0.2, 0.25) is 5.02 Å². The molecule has 15 heavy (non-hydrogen) atoms. The van der Waals surface area contributed by atoms with Crippen molar-refractivity contribution in [3.8, 4) is 0 Å². The van der Waals surface area contributed by atoms with Crippen molar-refractivity contribution in [3.05, 3.63) is 22.8 Å². The van der Waals surface area contributed by atoms with Crippen molar-refractivity contribution in [3.63, 3.8) is 0 Å². The van der Waals surface area contributed by atoms with E-state index in [9.17, 15) is 0 Å². The molecule has 0 aliphatic carbocycles. The molecule has 0 unspecified atom stereocenters. The number of nitrogens with one attached hydrogen (secondary N) is 1. The van der Waals surface area contributed by atoms with Crippen LogP contribution in [-0.4, -0.2) is 15.0 Å². The zero-order valence-corrected chi connectivity index (χ0v) is 9.73. The fourth-order valence-corrected chi connectivity index (χ4v) is 2.56. The van der Waals surface area contributed by atoms with Crippen LogP contribution >= 0.6 is 34.7 Å². The van der Waals surface area contributed by atoms with Gasteiger partial charge in [-0.25, -0.2) is 20.8 Å². The van der Waals surface area contributed by atoms with E-state index in [0.29, 0.717) is 16.0 Å². The summed E-state index contributed by atoms with van der Waals surface area (Å²) in [5, 5.41) is 3.00. The topological polar surface area (TPSA) is 76.7 Å². The highest BCUT2D eigenvalue weighted by molar-refractivity contribution is 8.01. The van der Waals surface area contributed by atoms with Crippen molar-refractivity contribution >= 4 is 40.6 Å². The van der Waals surface area contributed by atoms with Crippen LogP contribution in [0.4, 0.5) is 5.95 Å². The average Bonchev–Trinajstić information content (AvgIpc) is 2.74. The first kappa shape index (κ1) is 10.6. The predicted molar refractivity (Wildman–Crippen MR) is 61.1 cm³/mol. The molecular weight excluding hydrogens is 254 g/mol. The minimum absolute atomic E-state index is 0.332. The standard InChI is InChI=1S/C7H6ClN5S2/c8-4-3-11-6(13-9)12-5(4)15-7-10-1-2-14-7/h1-3H,9H2,(H,11,12,13). The number of nitrogen functional groups attached to an aromatic ring is 1. The molecule has 2 aromatic heterocycles. The Morgan fingerprint density at radius 2 is 2.33 bits per heavy atom. The number of nitrogens with two attached hydrogens (primary N) is 1. The summed E-state index contributed by atoms with van der Waals surface area (Å²) in [7, 11) is 0. The minimum atomic E-state index is 0.332. The highest BCUT2D eigenvalue weighted by Crippen LogP contribution is 2.32. The Balaban J connectivity index is 2.27. The summed E-state index contributed by atoms with van der Waals surface area (Å²) >= 11 is 8.83. The third-order valence-corrected chi connectivity index (χ3v) is 3.71. The van der Waals surface area contributed by atoms with Crippen molar-refractivity contribution in [2.45, 2.75) is 9.37 Å². The largest absolute Gasteiger partial charge is 0.292 e. The van der Waals surface area contributed by atoms with Crippen LogP contribution in [-0.2, 0) is 0 Å². The van der Waals surface area contributed by atoms with Gasteiger partial charge in [-0.1, -0.05) is 11.6 Å². The second-order valence-corrected chi connectivity index (χ2v) is 4.93. The maximum absolute atomic E-state index is 5.93. The lowest BCUT2D eigenvalue weighted by Crippen LogP contribution is -2.10. The minimum Gasteiger partial charge on any atom is -0.292 e. The van der Waals surface area contributed by atoms with Gasteiger partial charge in [0.1, 0.15) is 5.03 Å². The molecule has 3 N–H and O–H groups in total. The number of thiazole rings is 1. The van der Waals surface area contributed by atoms with Gasteiger partial charge < -0.3 is 0 Å². The molecule has 0 atom stereocenters. The molecule has 0 saturated carbocycles. The summed E-state index contributed by atoms with van der Waals surface area (Å²) in [6.45, 7) is 0. The van der Waals surface area contributed by atoms with Gasteiger partial charge >= 0.3 is 0 Å². The number of anilines is 1. The summed E-state index contributed by atoms with van der Waals surface area (Å²) in [6.07, 6.45) is 3.23. The molecule has 0 aliphatic rings. The van der Waals surface area contributed by atoms with E-state index in [2.05, 4.69) is 20.4 Å². The van der Waals surface area contributed by atoms with Gasteiger partial charge in [-0.05, 0) is 11.8 Å². The highest BCUT2D eigenvalue weighted by atomic mass is 35.5. The number of hydrazine groups is 1. The molecule has 0 spiro atoms. The van der Waals surface area contributed by atoms with E-state index >= 15 is 0 Å². The first-order valence-electron chi connectivity index (χ1n) is 3.86. The molecule has 2 rings (SSSR count). The molecule has 0 radical (unpaired) electrons. The predicted octanol–water partition coefficient (Wildman–Crippen LogP) is 2.02. The van der Waals surface area contributed by atoms with Crippen LogP contribution in [0.15, 0.2) is 27.1 Å². The van der Waals surface area contributed by atoms with Crippen molar-refractivity contribution in [2.24, 2.45) is 5.84 Å². The Kier molecular flexibility index (Phi) is 3.37. The van der Waals surface area contributed by atoms with Crippen molar-refractivity contribution in [1.29, 1.82) is 0 Å². The van der Waals surface area contributed by atoms with Gasteiger partial charge in [-0.2, -0.15) is 0 Å². The molecule has 0 amide bonds. The third-order valence-electron chi connectivity index (χ3n) is 1.43. The van der Waals surface area contributed by atoms with E-state index in [4.69, 9.17) is 17.4 Å². The second kappa shape index (κ2) is 4.75. The van der Waals surface area contributed by atoms with Crippen LogP contribution in [0, 0.1) is 0 Å². The molecule has 0 aliphatic heterocycles. The van der Waals surface area contributed by atoms with Crippen LogP contribution < -0.4 is 11.3 Å². The number of halogens is 1. The smallest absolute Gasteiger partial charge is 0.238 e. The van der Waals surface area contributed by atoms with Gasteiger partial charge in [0, 0.05) is 11.6 Å². The van der Waals surface area contributed by atoms with E-state index in [-0.39, 0.29) is 0 Å². The SMILES string of the molecule is NNc1ncc(Cl)c(Sc2nccs2)n1. The summed E-state index contributed by atoms with van der Waals surface area (Å²) in [4.78, 5) is 12.1. The van der Waals surface area contributed by atoms with Crippen LogP contribution in [0.25, 0.3) is 0 Å².